The van der Waals surface area contributed by atoms with E-state index in [1.165, 1.54) is 30.6 Å². The van der Waals surface area contributed by atoms with Gasteiger partial charge in [0.25, 0.3) is 0 Å². The highest BCUT2D eigenvalue weighted by Gasteiger charge is 2.19. The van der Waals surface area contributed by atoms with Crippen LogP contribution in [0.4, 0.5) is 0 Å². The quantitative estimate of drug-likeness (QED) is 0.652. The Morgan fingerprint density at radius 3 is 2.95 bits per heavy atom. The third-order valence-electron chi connectivity index (χ3n) is 3.86. The zero-order chi connectivity index (χ0) is 13.1. The van der Waals surface area contributed by atoms with Crippen LogP contribution in [-0.2, 0) is 6.42 Å². The second-order valence-corrected chi connectivity index (χ2v) is 6.14. The van der Waals surface area contributed by atoms with E-state index in [-0.39, 0.29) is 6.04 Å². The van der Waals surface area contributed by atoms with Gasteiger partial charge in [-0.05, 0) is 30.4 Å². The first kappa shape index (κ1) is 12.8. The van der Waals surface area contributed by atoms with Gasteiger partial charge >= 0.3 is 0 Å². The van der Waals surface area contributed by atoms with Gasteiger partial charge in [0, 0.05) is 17.5 Å². The summed E-state index contributed by atoms with van der Waals surface area (Å²) in [6.45, 7) is 0. The third-order valence-corrected chi connectivity index (χ3v) is 4.85. The van der Waals surface area contributed by atoms with Gasteiger partial charge in [-0.2, -0.15) is 5.10 Å². The Labute approximate surface area is 117 Å². The zero-order valence-electron chi connectivity index (χ0n) is 11.0. The molecular weight excluding hydrogens is 256 g/mol. The van der Waals surface area contributed by atoms with Crippen LogP contribution in [0.25, 0.3) is 0 Å². The molecule has 0 amide bonds. The number of nitrogens with zero attached hydrogens (tertiary/aromatic N) is 2. The number of aromatic nitrogens is 2. The first-order chi connectivity index (χ1) is 9.36. The van der Waals surface area contributed by atoms with Gasteiger partial charge in [-0.3, -0.25) is 16.0 Å². The van der Waals surface area contributed by atoms with Gasteiger partial charge in [-0.15, -0.1) is 11.3 Å². The van der Waals surface area contributed by atoms with Crippen molar-refractivity contribution < 1.29 is 0 Å². The maximum atomic E-state index is 5.66. The number of hydrogen-bond acceptors (Lipinski definition) is 4. The topological polar surface area (TPSA) is 55.9 Å². The van der Waals surface area contributed by atoms with Gasteiger partial charge in [0.2, 0.25) is 0 Å². The maximum absolute atomic E-state index is 5.66. The number of hydrazine groups is 1. The summed E-state index contributed by atoms with van der Waals surface area (Å²) >= 11 is 1.73. The standard InChI is InChI=1S/C14H20N4S/c15-16-13(14-6-3-9-19-14)10-11-7-8-18(17-11)12-4-1-2-5-12/h3,6-9,12-13,16H,1-2,4-5,10,15H2. The molecule has 0 spiro atoms. The molecule has 2 heterocycles. The van der Waals surface area contributed by atoms with E-state index in [0.717, 1.165) is 12.1 Å². The van der Waals surface area contributed by atoms with E-state index in [2.05, 4.69) is 39.9 Å². The molecule has 0 saturated heterocycles. The van der Waals surface area contributed by atoms with Crippen LogP contribution in [-0.4, -0.2) is 9.78 Å². The minimum Gasteiger partial charge on any atom is -0.271 e. The number of rotatable bonds is 5. The van der Waals surface area contributed by atoms with Crippen LogP contribution < -0.4 is 11.3 Å². The zero-order valence-corrected chi connectivity index (χ0v) is 11.8. The van der Waals surface area contributed by atoms with E-state index >= 15 is 0 Å². The van der Waals surface area contributed by atoms with Crippen LogP contribution in [0.2, 0.25) is 0 Å². The lowest BCUT2D eigenvalue weighted by molar-refractivity contribution is 0.458. The summed E-state index contributed by atoms with van der Waals surface area (Å²) in [5.74, 6) is 5.66. The molecule has 0 aromatic carbocycles. The Bertz CT molecular complexity index is 499. The predicted molar refractivity (Wildman–Crippen MR) is 77.8 cm³/mol. The minimum absolute atomic E-state index is 0.159. The number of thiophene rings is 1. The monoisotopic (exact) mass is 276 g/mol. The molecule has 19 heavy (non-hydrogen) atoms. The lowest BCUT2D eigenvalue weighted by Crippen LogP contribution is -2.29. The van der Waals surface area contributed by atoms with Crippen molar-refractivity contribution in [1.82, 2.24) is 15.2 Å². The van der Waals surface area contributed by atoms with Crippen molar-refractivity contribution in [3.05, 3.63) is 40.3 Å². The smallest absolute Gasteiger partial charge is 0.0644 e. The minimum atomic E-state index is 0.159. The molecule has 1 unspecified atom stereocenters. The van der Waals surface area contributed by atoms with Crippen LogP contribution in [0.3, 0.4) is 0 Å². The van der Waals surface area contributed by atoms with Crippen molar-refractivity contribution in [2.45, 2.75) is 44.2 Å². The molecule has 2 aromatic heterocycles. The van der Waals surface area contributed by atoms with Gasteiger partial charge in [0.1, 0.15) is 0 Å². The number of hydrogen-bond donors (Lipinski definition) is 2. The predicted octanol–water partition coefficient (Wildman–Crippen LogP) is 2.81. The van der Waals surface area contributed by atoms with E-state index in [9.17, 15) is 0 Å². The molecular formula is C14H20N4S. The van der Waals surface area contributed by atoms with E-state index in [1.807, 2.05) is 0 Å². The largest absolute Gasteiger partial charge is 0.271 e. The summed E-state index contributed by atoms with van der Waals surface area (Å²) in [4.78, 5) is 1.26. The fourth-order valence-electron chi connectivity index (χ4n) is 2.80. The summed E-state index contributed by atoms with van der Waals surface area (Å²) in [6, 6.07) is 7.06. The lowest BCUT2D eigenvalue weighted by atomic mass is 10.1. The Morgan fingerprint density at radius 1 is 1.42 bits per heavy atom. The molecule has 4 nitrogen and oxygen atoms in total. The summed E-state index contributed by atoms with van der Waals surface area (Å²) in [6.07, 6.45) is 8.17. The molecule has 1 aliphatic carbocycles. The van der Waals surface area contributed by atoms with Crippen molar-refractivity contribution in [3.63, 3.8) is 0 Å². The van der Waals surface area contributed by atoms with Gasteiger partial charge in [0.05, 0.1) is 17.8 Å². The molecule has 1 saturated carbocycles. The van der Waals surface area contributed by atoms with Crippen LogP contribution in [0, 0.1) is 0 Å². The molecule has 2 aromatic rings. The van der Waals surface area contributed by atoms with Crippen LogP contribution in [0.5, 0.6) is 0 Å². The molecule has 3 N–H and O–H groups in total. The van der Waals surface area contributed by atoms with Crippen LogP contribution in [0.1, 0.15) is 48.3 Å². The normalized spacial score (nSPS) is 17.9. The second-order valence-electron chi connectivity index (χ2n) is 5.16. The van der Waals surface area contributed by atoms with Crippen molar-refractivity contribution >= 4 is 11.3 Å². The van der Waals surface area contributed by atoms with Gasteiger partial charge < -0.3 is 0 Å². The van der Waals surface area contributed by atoms with E-state index in [4.69, 9.17) is 10.9 Å². The number of nitrogens with one attached hydrogen (secondary N) is 1. The van der Waals surface area contributed by atoms with Crippen LogP contribution in [0.15, 0.2) is 29.8 Å². The summed E-state index contributed by atoms with van der Waals surface area (Å²) in [5.41, 5.74) is 4.01. The molecule has 3 rings (SSSR count). The van der Waals surface area contributed by atoms with Crippen molar-refractivity contribution in [1.29, 1.82) is 0 Å². The molecule has 5 heteroatoms. The summed E-state index contributed by atoms with van der Waals surface area (Å²) < 4.78 is 2.14. The maximum Gasteiger partial charge on any atom is 0.0644 e. The molecule has 102 valence electrons. The SMILES string of the molecule is NNC(Cc1ccn(C2CCCC2)n1)c1cccs1. The Balaban J connectivity index is 1.69. The highest BCUT2D eigenvalue weighted by Crippen LogP contribution is 2.29. The number of nitrogens with two attached hydrogens (primary N) is 1. The van der Waals surface area contributed by atoms with Gasteiger partial charge in [-0.1, -0.05) is 18.9 Å². The third kappa shape index (κ3) is 2.88. The Kier molecular flexibility index (Phi) is 3.96. The molecule has 1 atom stereocenters. The van der Waals surface area contributed by atoms with Gasteiger partial charge in [0.15, 0.2) is 0 Å². The van der Waals surface area contributed by atoms with E-state index in [0.29, 0.717) is 6.04 Å². The van der Waals surface area contributed by atoms with E-state index in [1.54, 1.807) is 11.3 Å². The van der Waals surface area contributed by atoms with E-state index < -0.39 is 0 Å². The lowest BCUT2D eigenvalue weighted by Gasteiger charge is -2.13. The Hall–Kier alpha value is -1.17. The van der Waals surface area contributed by atoms with Gasteiger partial charge in [-0.25, -0.2) is 0 Å². The van der Waals surface area contributed by atoms with Crippen molar-refractivity contribution in [2.75, 3.05) is 0 Å². The highest BCUT2D eigenvalue weighted by atomic mass is 32.1. The Morgan fingerprint density at radius 2 is 2.26 bits per heavy atom. The molecule has 0 bridgehead atoms. The summed E-state index contributed by atoms with van der Waals surface area (Å²) in [5, 5.41) is 6.80. The average molecular weight is 276 g/mol. The van der Waals surface area contributed by atoms with Crippen molar-refractivity contribution in [3.8, 4) is 0 Å². The molecule has 1 fully saturated rings. The molecule has 0 aliphatic heterocycles. The fraction of sp³-hybridized carbons (Fsp3) is 0.500. The fourth-order valence-corrected chi connectivity index (χ4v) is 3.59. The highest BCUT2D eigenvalue weighted by molar-refractivity contribution is 7.10. The van der Waals surface area contributed by atoms with Crippen molar-refractivity contribution in [2.24, 2.45) is 5.84 Å². The average Bonchev–Trinajstić information content (AvgIpc) is 3.15. The second kappa shape index (κ2) is 5.86. The first-order valence-corrected chi connectivity index (χ1v) is 7.78. The van der Waals surface area contributed by atoms with Crippen LogP contribution >= 0.6 is 11.3 Å². The molecule has 0 radical (unpaired) electrons. The molecule has 1 aliphatic rings. The first-order valence-electron chi connectivity index (χ1n) is 6.90. The summed E-state index contributed by atoms with van der Waals surface area (Å²) in [7, 11) is 0.